The zero-order chi connectivity index (χ0) is 20.3. The number of esters is 1. The number of furan rings is 1. The van der Waals surface area contributed by atoms with Gasteiger partial charge in [0.2, 0.25) is 6.54 Å². The van der Waals surface area contributed by atoms with E-state index in [-0.39, 0.29) is 24.4 Å². The molecule has 148 valence electrons. The Labute approximate surface area is 157 Å². The Morgan fingerprint density at radius 2 is 2.14 bits per heavy atom. The number of carbonyl (C=O) groups excluding carboxylic acids is 1. The zero-order valence-electron chi connectivity index (χ0n) is 14.8. The molecule has 1 atom stereocenters. The van der Waals surface area contributed by atoms with Gasteiger partial charge in [0.05, 0.1) is 18.9 Å². The van der Waals surface area contributed by atoms with Gasteiger partial charge in [-0.3, -0.25) is 19.9 Å². The van der Waals surface area contributed by atoms with E-state index in [1.807, 2.05) is 0 Å². The van der Waals surface area contributed by atoms with Gasteiger partial charge in [-0.25, -0.2) is 0 Å². The number of pyridine rings is 1. The number of rotatable bonds is 8. The highest BCUT2D eigenvalue weighted by Crippen LogP contribution is 2.40. The Bertz CT molecular complexity index is 1020. The van der Waals surface area contributed by atoms with Crippen LogP contribution in [-0.4, -0.2) is 35.6 Å². The first-order chi connectivity index (χ1) is 13.4. The number of alkyl halides is 2. The minimum atomic E-state index is -3.07. The van der Waals surface area contributed by atoms with Crippen molar-refractivity contribution >= 4 is 27.9 Å². The van der Waals surface area contributed by atoms with E-state index < -0.39 is 30.0 Å². The summed E-state index contributed by atoms with van der Waals surface area (Å²) in [6, 6.07) is 4.21. The lowest BCUT2D eigenvalue weighted by Gasteiger charge is -2.15. The van der Waals surface area contributed by atoms with Crippen LogP contribution in [0, 0.1) is 10.1 Å². The summed E-state index contributed by atoms with van der Waals surface area (Å²) in [5, 5.41) is 12.0. The van der Waals surface area contributed by atoms with Gasteiger partial charge in [-0.15, -0.1) is 0 Å². The van der Waals surface area contributed by atoms with Crippen molar-refractivity contribution in [1.82, 2.24) is 4.98 Å². The fourth-order valence-corrected chi connectivity index (χ4v) is 3.13. The Kier molecular flexibility index (Phi) is 5.67. The van der Waals surface area contributed by atoms with Crippen molar-refractivity contribution < 1.29 is 32.4 Å². The van der Waals surface area contributed by atoms with Crippen molar-refractivity contribution in [3.05, 3.63) is 46.3 Å². The van der Waals surface area contributed by atoms with E-state index in [1.54, 1.807) is 13.0 Å². The Morgan fingerprint density at radius 1 is 1.36 bits per heavy atom. The van der Waals surface area contributed by atoms with Gasteiger partial charge in [0, 0.05) is 28.1 Å². The Morgan fingerprint density at radius 3 is 2.82 bits per heavy atom. The normalized spacial score (nSPS) is 12.4. The second-order valence-corrected chi connectivity index (χ2v) is 5.93. The van der Waals surface area contributed by atoms with Crippen molar-refractivity contribution in [2.45, 2.75) is 25.9 Å². The monoisotopic (exact) mass is 394 g/mol. The summed E-state index contributed by atoms with van der Waals surface area (Å²) in [4.78, 5) is 26.6. The van der Waals surface area contributed by atoms with Crippen LogP contribution < -0.4 is 4.74 Å². The zero-order valence-corrected chi connectivity index (χ0v) is 14.8. The number of halogens is 2. The Hall–Kier alpha value is -3.30. The van der Waals surface area contributed by atoms with Crippen molar-refractivity contribution in [2.24, 2.45) is 0 Å². The van der Waals surface area contributed by atoms with E-state index >= 15 is 0 Å². The fourth-order valence-electron chi connectivity index (χ4n) is 3.13. The van der Waals surface area contributed by atoms with E-state index in [0.717, 1.165) is 0 Å². The third-order valence-corrected chi connectivity index (χ3v) is 4.16. The molecule has 8 nitrogen and oxygen atoms in total. The second kappa shape index (κ2) is 8.15. The van der Waals surface area contributed by atoms with Gasteiger partial charge in [-0.1, -0.05) is 6.07 Å². The van der Waals surface area contributed by atoms with Gasteiger partial charge >= 0.3 is 12.6 Å². The molecule has 0 spiro atoms. The third-order valence-electron chi connectivity index (χ3n) is 4.16. The first kappa shape index (κ1) is 19.5. The number of ether oxygens (including phenoxy) is 2. The predicted molar refractivity (Wildman–Crippen MR) is 94.0 cm³/mol. The van der Waals surface area contributed by atoms with Crippen LogP contribution in [0.5, 0.6) is 5.75 Å². The highest BCUT2D eigenvalue weighted by atomic mass is 19.3. The summed E-state index contributed by atoms with van der Waals surface area (Å²) in [7, 11) is 0. The van der Waals surface area contributed by atoms with Crippen LogP contribution in [0.2, 0.25) is 0 Å². The molecule has 0 aliphatic carbocycles. The van der Waals surface area contributed by atoms with E-state index in [0.29, 0.717) is 21.9 Å². The fraction of sp³-hybridized carbons (Fsp3) is 0.333. The van der Waals surface area contributed by atoms with Gasteiger partial charge in [0.1, 0.15) is 5.58 Å². The van der Waals surface area contributed by atoms with Crippen molar-refractivity contribution in [3.63, 3.8) is 0 Å². The van der Waals surface area contributed by atoms with Crippen molar-refractivity contribution in [1.29, 1.82) is 0 Å². The smallest absolute Gasteiger partial charge is 0.387 e. The SMILES string of the molecule is CCOC(=O)CC(C[N+](=O)[O-])c1ccc(OC(F)F)c2oc3ccncc3c12. The average molecular weight is 394 g/mol. The average Bonchev–Trinajstić information content (AvgIpc) is 3.01. The van der Waals surface area contributed by atoms with Crippen LogP contribution in [0.15, 0.2) is 35.0 Å². The molecule has 0 N–H and O–H groups in total. The molecule has 28 heavy (non-hydrogen) atoms. The van der Waals surface area contributed by atoms with Crippen LogP contribution >= 0.6 is 0 Å². The number of nitrogens with zero attached hydrogens (tertiary/aromatic N) is 2. The molecule has 0 fully saturated rings. The van der Waals surface area contributed by atoms with E-state index in [9.17, 15) is 23.7 Å². The number of hydrogen-bond acceptors (Lipinski definition) is 7. The minimum absolute atomic E-state index is 0.0120. The first-order valence-electron chi connectivity index (χ1n) is 8.42. The number of nitro groups is 1. The molecular formula is C18H16F2N2O6. The number of fused-ring (bicyclic) bond motifs is 3. The maximum Gasteiger partial charge on any atom is 0.387 e. The lowest BCUT2D eigenvalue weighted by molar-refractivity contribution is -0.483. The Balaban J connectivity index is 2.20. The molecule has 0 aliphatic heterocycles. The molecule has 0 bridgehead atoms. The van der Waals surface area contributed by atoms with Gasteiger partial charge < -0.3 is 13.9 Å². The quantitative estimate of drug-likeness (QED) is 0.324. The van der Waals surface area contributed by atoms with E-state index in [4.69, 9.17) is 9.15 Å². The molecule has 10 heteroatoms. The van der Waals surface area contributed by atoms with Gasteiger partial charge in [-0.2, -0.15) is 8.78 Å². The highest BCUT2D eigenvalue weighted by molar-refractivity contribution is 6.08. The third kappa shape index (κ3) is 4.00. The molecule has 3 aromatic rings. The molecule has 0 amide bonds. The van der Waals surface area contributed by atoms with E-state index in [2.05, 4.69) is 9.72 Å². The predicted octanol–water partition coefficient (Wildman–Crippen LogP) is 3.90. The summed E-state index contributed by atoms with van der Waals surface area (Å²) < 4.78 is 40.6. The number of aromatic nitrogens is 1. The summed E-state index contributed by atoms with van der Waals surface area (Å²) in [6.45, 7) is -1.85. The summed E-state index contributed by atoms with van der Waals surface area (Å²) >= 11 is 0. The van der Waals surface area contributed by atoms with E-state index in [1.165, 1.54) is 24.5 Å². The number of carbonyl (C=O) groups is 1. The summed E-state index contributed by atoms with van der Waals surface area (Å²) in [5.41, 5.74) is 0.763. The van der Waals surface area contributed by atoms with Gasteiger partial charge in [-0.05, 0) is 24.6 Å². The molecule has 2 aromatic heterocycles. The maximum atomic E-state index is 12.8. The maximum absolute atomic E-state index is 12.8. The van der Waals surface area contributed by atoms with Gasteiger partial charge in [0.15, 0.2) is 11.3 Å². The standard InChI is InChI=1S/C18H16F2N2O6/c1-2-26-15(23)7-10(9-22(24)25)11-3-4-14(28-18(19)20)17-16(11)12-8-21-6-5-13(12)27-17/h3-6,8,10,18H,2,7,9H2,1H3. The summed E-state index contributed by atoms with van der Waals surface area (Å²) in [6.07, 6.45) is 2.68. The molecule has 1 aromatic carbocycles. The second-order valence-electron chi connectivity index (χ2n) is 5.93. The molecule has 1 unspecified atom stereocenters. The molecule has 0 saturated carbocycles. The molecule has 0 saturated heterocycles. The molecule has 0 aliphatic rings. The van der Waals surface area contributed by atoms with Crippen LogP contribution in [0.1, 0.15) is 24.8 Å². The van der Waals surface area contributed by atoms with Crippen molar-refractivity contribution in [3.8, 4) is 5.75 Å². The lowest BCUT2D eigenvalue weighted by Crippen LogP contribution is -2.18. The number of hydrogen-bond donors (Lipinski definition) is 0. The van der Waals surface area contributed by atoms with Crippen molar-refractivity contribution in [2.75, 3.05) is 13.2 Å². The van der Waals surface area contributed by atoms with Crippen LogP contribution in [0.4, 0.5) is 8.78 Å². The largest absolute Gasteiger partial charge is 0.466 e. The topological polar surface area (TPSA) is 105 Å². The minimum Gasteiger partial charge on any atom is -0.466 e. The first-order valence-corrected chi connectivity index (χ1v) is 8.42. The number of benzene rings is 1. The van der Waals surface area contributed by atoms with Crippen LogP contribution in [0.25, 0.3) is 21.9 Å². The van der Waals surface area contributed by atoms with Crippen LogP contribution in [-0.2, 0) is 9.53 Å². The highest BCUT2D eigenvalue weighted by Gasteiger charge is 2.28. The lowest BCUT2D eigenvalue weighted by atomic mass is 9.91. The molecular weight excluding hydrogens is 378 g/mol. The van der Waals surface area contributed by atoms with Gasteiger partial charge in [0.25, 0.3) is 0 Å². The summed E-state index contributed by atoms with van der Waals surface area (Å²) in [5.74, 6) is -1.65. The molecule has 3 rings (SSSR count). The molecule has 2 heterocycles. The molecule has 0 radical (unpaired) electrons. The van der Waals surface area contributed by atoms with Crippen LogP contribution in [0.3, 0.4) is 0 Å².